The minimum absolute atomic E-state index is 0.0915. The predicted octanol–water partition coefficient (Wildman–Crippen LogP) is 1.96. The van der Waals surface area contributed by atoms with Crippen molar-refractivity contribution in [3.8, 4) is 0 Å². The second-order valence-electron chi connectivity index (χ2n) is 2.96. The summed E-state index contributed by atoms with van der Waals surface area (Å²) in [4.78, 5) is 11.0. The number of carbonyl (C=O) groups is 1. The lowest BCUT2D eigenvalue weighted by molar-refractivity contribution is -0.118. The van der Waals surface area contributed by atoms with Gasteiger partial charge in [-0.1, -0.05) is 25.1 Å². The lowest BCUT2D eigenvalue weighted by Gasteiger charge is -2.09. The number of Topliss-reactive ketones (excluding diaryl/α,β-unsaturated/α-hetero) is 1. The van der Waals surface area contributed by atoms with E-state index in [2.05, 4.69) is 0 Å². The number of hydrogen-bond acceptors (Lipinski definition) is 2. The van der Waals surface area contributed by atoms with Crippen LogP contribution < -0.4 is 5.73 Å². The molecule has 0 bridgehead atoms. The number of carbonyl (C=O) groups excluding carboxylic acids is 1. The van der Waals surface area contributed by atoms with E-state index < -0.39 is 0 Å². The highest BCUT2D eigenvalue weighted by atomic mass is 16.1. The zero-order valence-electron chi connectivity index (χ0n) is 7.37. The van der Waals surface area contributed by atoms with E-state index in [1.54, 1.807) is 6.92 Å². The molecule has 0 amide bonds. The van der Waals surface area contributed by atoms with E-state index in [9.17, 15) is 4.79 Å². The van der Waals surface area contributed by atoms with Crippen molar-refractivity contribution in [2.75, 3.05) is 5.73 Å². The van der Waals surface area contributed by atoms with Gasteiger partial charge in [-0.25, -0.2) is 0 Å². The maximum absolute atomic E-state index is 11.0. The molecule has 12 heavy (non-hydrogen) atoms. The first kappa shape index (κ1) is 8.78. The van der Waals surface area contributed by atoms with Gasteiger partial charge in [-0.3, -0.25) is 4.79 Å². The average Bonchev–Trinajstić information content (AvgIpc) is 2.04. The quantitative estimate of drug-likeness (QED) is 0.677. The molecule has 0 aliphatic heterocycles. The summed E-state index contributed by atoms with van der Waals surface area (Å²) in [5, 5.41) is 0. The Labute approximate surface area is 72.4 Å². The number of hydrogen-bond donors (Lipinski definition) is 1. The highest BCUT2D eigenvalue weighted by Crippen LogP contribution is 2.21. The lowest BCUT2D eigenvalue weighted by Crippen LogP contribution is -2.06. The number of rotatable bonds is 2. The van der Waals surface area contributed by atoms with Crippen LogP contribution in [-0.4, -0.2) is 5.78 Å². The fourth-order valence-corrected chi connectivity index (χ4v) is 1.12. The van der Waals surface area contributed by atoms with Crippen molar-refractivity contribution in [1.82, 2.24) is 0 Å². The van der Waals surface area contributed by atoms with E-state index in [0.717, 1.165) is 5.56 Å². The molecule has 0 saturated carbocycles. The zero-order chi connectivity index (χ0) is 9.14. The first-order valence-electron chi connectivity index (χ1n) is 3.97. The first-order chi connectivity index (χ1) is 5.63. The molecule has 2 N–H and O–H groups in total. The molecule has 0 unspecified atom stereocenters. The van der Waals surface area contributed by atoms with E-state index in [4.69, 9.17) is 5.73 Å². The maximum Gasteiger partial charge on any atom is 0.137 e. The lowest BCUT2D eigenvalue weighted by atomic mass is 9.96. The van der Waals surface area contributed by atoms with Gasteiger partial charge < -0.3 is 5.73 Å². The number of para-hydroxylation sites is 1. The molecule has 0 spiro atoms. The van der Waals surface area contributed by atoms with Gasteiger partial charge in [-0.15, -0.1) is 0 Å². The van der Waals surface area contributed by atoms with Crippen molar-refractivity contribution in [1.29, 1.82) is 0 Å². The van der Waals surface area contributed by atoms with Gasteiger partial charge in [-0.2, -0.15) is 0 Å². The molecular formula is C10H13NO. The summed E-state index contributed by atoms with van der Waals surface area (Å²) < 4.78 is 0. The number of ketones is 1. The van der Waals surface area contributed by atoms with E-state index in [1.807, 2.05) is 31.2 Å². The Hall–Kier alpha value is -1.31. The average molecular weight is 163 g/mol. The smallest absolute Gasteiger partial charge is 0.137 e. The highest BCUT2D eigenvalue weighted by Gasteiger charge is 2.11. The van der Waals surface area contributed by atoms with Crippen molar-refractivity contribution in [3.63, 3.8) is 0 Å². The summed E-state index contributed by atoms with van der Waals surface area (Å²) in [6.07, 6.45) is 0. The molecule has 1 aromatic rings. The van der Waals surface area contributed by atoms with Gasteiger partial charge in [-0.05, 0) is 18.6 Å². The maximum atomic E-state index is 11.0. The number of nitrogen functional groups attached to an aromatic ring is 1. The minimum Gasteiger partial charge on any atom is -0.398 e. The summed E-state index contributed by atoms with van der Waals surface area (Å²) >= 11 is 0. The monoisotopic (exact) mass is 163 g/mol. The van der Waals surface area contributed by atoms with Crippen molar-refractivity contribution < 1.29 is 4.79 Å². The molecule has 0 heterocycles. The Morgan fingerprint density at radius 2 is 2.00 bits per heavy atom. The Morgan fingerprint density at radius 3 is 2.50 bits per heavy atom. The molecule has 0 saturated heterocycles. The molecule has 0 aliphatic rings. The van der Waals surface area contributed by atoms with Crippen LogP contribution in [0, 0.1) is 0 Å². The molecule has 0 aromatic heterocycles. The normalized spacial score (nSPS) is 12.5. The van der Waals surface area contributed by atoms with Crippen molar-refractivity contribution in [2.24, 2.45) is 0 Å². The van der Waals surface area contributed by atoms with Crippen LogP contribution in [0.1, 0.15) is 25.3 Å². The van der Waals surface area contributed by atoms with Gasteiger partial charge in [0.1, 0.15) is 5.78 Å². The SMILES string of the molecule is CC(=O)[C@@H](C)c1ccccc1N. The van der Waals surface area contributed by atoms with Gasteiger partial charge in [0, 0.05) is 11.6 Å². The third-order valence-corrected chi connectivity index (χ3v) is 2.07. The Balaban J connectivity index is 3.02. The zero-order valence-corrected chi connectivity index (χ0v) is 7.37. The third kappa shape index (κ3) is 1.64. The number of anilines is 1. The fourth-order valence-electron chi connectivity index (χ4n) is 1.12. The van der Waals surface area contributed by atoms with Crippen LogP contribution in [0.4, 0.5) is 5.69 Å². The summed E-state index contributed by atoms with van der Waals surface area (Å²) in [6.45, 7) is 3.45. The van der Waals surface area contributed by atoms with Crippen LogP contribution in [0.3, 0.4) is 0 Å². The van der Waals surface area contributed by atoms with Crippen molar-refractivity contribution in [2.45, 2.75) is 19.8 Å². The molecule has 64 valence electrons. The predicted molar refractivity (Wildman–Crippen MR) is 50.0 cm³/mol. The Morgan fingerprint density at radius 1 is 1.42 bits per heavy atom. The Kier molecular flexibility index (Phi) is 2.48. The largest absolute Gasteiger partial charge is 0.398 e. The van der Waals surface area contributed by atoms with Gasteiger partial charge in [0.25, 0.3) is 0 Å². The van der Waals surface area contributed by atoms with Crippen molar-refractivity contribution >= 4 is 11.5 Å². The molecule has 1 atom stereocenters. The minimum atomic E-state index is -0.0915. The van der Waals surface area contributed by atoms with E-state index in [1.165, 1.54) is 0 Å². The summed E-state index contributed by atoms with van der Waals surface area (Å²) in [5.41, 5.74) is 7.32. The van der Waals surface area contributed by atoms with Gasteiger partial charge in [0.15, 0.2) is 0 Å². The van der Waals surface area contributed by atoms with E-state index in [-0.39, 0.29) is 11.7 Å². The van der Waals surface area contributed by atoms with E-state index >= 15 is 0 Å². The highest BCUT2D eigenvalue weighted by molar-refractivity contribution is 5.84. The number of benzene rings is 1. The van der Waals surface area contributed by atoms with Crippen LogP contribution in [0.5, 0.6) is 0 Å². The standard InChI is InChI=1S/C10H13NO/c1-7(8(2)12)9-5-3-4-6-10(9)11/h3-7H,11H2,1-2H3/t7-/m1/s1. The molecule has 1 aromatic carbocycles. The van der Waals surface area contributed by atoms with Crippen LogP contribution in [0.15, 0.2) is 24.3 Å². The molecular weight excluding hydrogens is 150 g/mol. The van der Waals surface area contributed by atoms with Gasteiger partial charge >= 0.3 is 0 Å². The van der Waals surface area contributed by atoms with Crippen LogP contribution >= 0.6 is 0 Å². The molecule has 0 aliphatic carbocycles. The van der Waals surface area contributed by atoms with E-state index in [0.29, 0.717) is 5.69 Å². The second kappa shape index (κ2) is 3.39. The molecule has 0 fully saturated rings. The topological polar surface area (TPSA) is 43.1 Å². The number of nitrogens with two attached hydrogens (primary N) is 1. The molecule has 0 radical (unpaired) electrons. The molecule has 1 rings (SSSR count). The summed E-state index contributed by atoms with van der Waals surface area (Å²) in [5.74, 6) is 0.0547. The summed E-state index contributed by atoms with van der Waals surface area (Å²) in [6, 6.07) is 7.47. The van der Waals surface area contributed by atoms with Crippen molar-refractivity contribution in [3.05, 3.63) is 29.8 Å². The summed E-state index contributed by atoms with van der Waals surface area (Å²) in [7, 11) is 0. The fraction of sp³-hybridized carbons (Fsp3) is 0.300. The van der Waals surface area contributed by atoms with Crippen LogP contribution in [0.2, 0.25) is 0 Å². The van der Waals surface area contributed by atoms with Crippen LogP contribution in [-0.2, 0) is 4.79 Å². The molecule has 2 nitrogen and oxygen atoms in total. The van der Waals surface area contributed by atoms with Crippen LogP contribution in [0.25, 0.3) is 0 Å². The second-order valence-corrected chi connectivity index (χ2v) is 2.96. The Bertz CT molecular complexity index is 294. The third-order valence-electron chi connectivity index (χ3n) is 2.07. The molecule has 2 heteroatoms. The van der Waals surface area contributed by atoms with Gasteiger partial charge in [0.05, 0.1) is 0 Å². The van der Waals surface area contributed by atoms with Gasteiger partial charge in [0.2, 0.25) is 0 Å². The first-order valence-corrected chi connectivity index (χ1v) is 3.97.